The van der Waals surface area contributed by atoms with Gasteiger partial charge in [0.05, 0.1) is 0 Å². The second-order valence-corrected chi connectivity index (χ2v) is 8.11. The van der Waals surface area contributed by atoms with E-state index < -0.39 is 0 Å². The molecule has 0 atom stereocenters. The van der Waals surface area contributed by atoms with E-state index in [4.69, 9.17) is 11.6 Å². The third kappa shape index (κ3) is 3.18. The summed E-state index contributed by atoms with van der Waals surface area (Å²) in [6.45, 7) is 1.20. The van der Waals surface area contributed by atoms with Crippen molar-refractivity contribution in [2.75, 3.05) is 12.8 Å². The molecule has 1 aromatic carbocycles. The molecule has 1 N–H and O–H groups in total. The van der Waals surface area contributed by atoms with Crippen LogP contribution in [0.1, 0.15) is 50.0 Å². The highest BCUT2D eigenvalue weighted by Gasteiger charge is 2.36. The summed E-state index contributed by atoms with van der Waals surface area (Å²) in [5.41, 5.74) is 1.41. The molecule has 0 aromatic heterocycles. The number of rotatable bonds is 5. The first kappa shape index (κ1) is 14.7. The van der Waals surface area contributed by atoms with Crippen molar-refractivity contribution < 1.29 is 0 Å². The number of halogens is 1. The zero-order valence-corrected chi connectivity index (χ0v) is 13.8. The van der Waals surface area contributed by atoms with Crippen LogP contribution in [0, 0.1) is 0 Å². The van der Waals surface area contributed by atoms with Gasteiger partial charge in [0.15, 0.2) is 0 Å². The molecule has 0 amide bonds. The van der Waals surface area contributed by atoms with E-state index in [1.54, 1.807) is 0 Å². The molecule has 0 spiro atoms. The highest BCUT2D eigenvalue weighted by molar-refractivity contribution is 8.00. The third-order valence-electron chi connectivity index (χ3n) is 5.12. The van der Waals surface area contributed by atoms with Gasteiger partial charge in [0, 0.05) is 22.4 Å². The zero-order valence-electron chi connectivity index (χ0n) is 12.2. The van der Waals surface area contributed by atoms with E-state index in [-0.39, 0.29) is 0 Å². The van der Waals surface area contributed by atoms with Crippen molar-refractivity contribution in [2.45, 2.75) is 55.2 Å². The second-order valence-electron chi connectivity index (χ2n) is 6.40. The Bertz CT molecular complexity index is 450. The highest BCUT2D eigenvalue weighted by Crippen LogP contribution is 2.41. The summed E-state index contributed by atoms with van der Waals surface area (Å²) in [6.07, 6.45) is 10.4. The van der Waals surface area contributed by atoms with Crippen LogP contribution in [0.15, 0.2) is 24.3 Å². The molecule has 110 valence electrons. The predicted molar refractivity (Wildman–Crippen MR) is 89.9 cm³/mol. The standard InChI is InChI=1S/C17H24ClNS/c1-20-17(7-2-3-8-17)12-19-16-10-14(11-16)13-5-4-6-15(18)9-13/h4-6,9,14,16,19H,2-3,7-8,10-12H2,1H3. The summed E-state index contributed by atoms with van der Waals surface area (Å²) in [4.78, 5) is 0. The van der Waals surface area contributed by atoms with Crippen molar-refractivity contribution in [2.24, 2.45) is 0 Å². The second kappa shape index (κ2) is 6.29. The minimum Gasteiger partial charge on any atom is -0.313 e. The van der Waals surface area contributed by atoms with Crippen LogP contribution in [0.5, 0.6) is 0 Å². The van der Waals surface area contributed by atoms with Crippen LogP contribution >= 0.6 is 23.4 Å². The first-order valence-electron chi connectivity index (χ1n) is 7.75. The van der Waals surface area contributed by atoms with Crippen LogP contribution < -0.4 is 5.32 Å². The Kier molecular flexibility index (Phi) is 4.64. The molecule has 0 saturated heterocycles. The van der Waals surface area contributed by atoms with Gasteiger partial charge >= 0.3 is 0 Å². The maximum Gasteiger partial charge on any atom is 0.0408 e. The summed E-state index contributed by atoms with van der Waals surface area (Å²) < 4.78 is 0.529. The van der Waals surface area contributed by atoms with Gasteiger partial charge in [-0.1, -0.05) is 36.6 Å². The van der Waals surface area contributed by atoms with Crippen LogP contribution in [-0.2, 0) is 0 Å². The lowest BCUT2D eigenvalue weighted by Crippen LogP contribution is -2.46. The molecular formula is C17H24ClNS. The normalized spacial score (nSPS) is 28.3. The van der Waals surface area contributed by atoms with Gasteiger partial charge in [-0.05, 0) is 55.6 Å². The van der Waals surface area contributed by atoms with E-state index in [1.165, 1.54) is 50.6 Å². The van der Waals surface area contributed by atoms with Gasteiger partial charge in [0.25, 0.3) is 0 Å². The number of hydrogen-bond donors (Lipinski definition) is 1. The SMILES string of the molecule is CSC1(CNC2CC(c3cccc(Cl)c3)C2)CCCC1. The van der Waals surface area contributed by atoms with Gasteiger partial charge in [-0.25, -0.2) is 0 Å². The molecule has 20 heavy (non-hydrogen) atoms. The molecule has 2 aliphatic rings. The van der Waals surface area contributed by atoms with Crippen molar-refractivity contribution in [3.8, 4) is 0 Å². The minimum atomic E-state index is 0.529. The molecule has 0 radical (unpaired) electrons. The average molecular weight is 310 g/mol. The Morgan fingerprint density at radius 3 is 2.70 bits per heavy atom. The zero-order chi connectivity index (χ0) is 14.0. The van der Waals surface area contributed by atoms with E-state index in [2.05, 4.69) is 41.5 Å². The monoisotopic (exact) mass is 309 g/mol. The van der Waals surface area contributed by atoms with Crippen LogP contribution in [0.25, 0.3) is 0 Å². The number of benzene rings is 1. The topological polar surface area (TPSA) is 12.0 Å². The molecule has 0 unspecified atom stereocenters. The molecule has 1 aromatic rings. The molecule has 0 aliphatic heterocycles. The number of hydrogen-bond acceptors (Lipinski definition) is 2. The minimum absolute atomic E-state index is 0.529. The van der Waals surface area contributed by atoms with Gasteiger partial charge in [-0.3, -0.25) is 0 Å². The average Bonchev–Trinajstić information content (AvgIpc) is 2.86. The molecule has 2 saturated carbocycles. The summed E-state index contributed by atoms with van der Waals surface area (Å²) >= 11 is 8.15. The Morgan fingerprint density at radius 1 is 1.30 bits per heavy atom. The first-order valence-corrected chi connectivity index (χ1v) is 9.35. The van der Waals surface area contributed by atoms with Gasteiger partial charge in [0.2, 0.25) is 0 Å². The van der Waals surface area contributed by atoms with Crippen molar-refractivity contribution in [1.29, 1.82) is 0 Å². The van der Waals surface area contributed by atoms with Crippen molar-refractivity contribution in [3.63, 3.8) is 0 Å². The van der Waals surface area contributed by atoms with Gasteiger partial charge < -0.3 is 5.32 Å². The van der Waals surface area contributed by atoms with Crippen molar-refractivity contribution in [1.82, 2.24) is 5.32 Å². The summed E-state index contributed by atoms with van der Waals surface area (Å²) in [5.74, 6) is 0.708. The smallest absolute Gasteiger partial charge is 0.0408 e. The first-order chi connectivity index (χ1) is 9.71. The molecule has 3 rings (SSSR count). The largest absolute Gasteiger partial charge is 0.313 e. The summed E-state index contributed by atoms with van der Waals surface area (Å²) in [5, 5.41) is 4.68. The Hall–Kier alpha value is -0.180. The Balaban J connectivity index is 1.46. The summed E-state index contributed by atoms with van der Waals surface area (Å²) in [6, 6.07) is 9.08. The molecule has 2 fully saturated rings. The maximum atomic E-state index is 6.07. The predicted octanol–water partition coefficient (Wildman–Crippen LogP) is 4.85. The van der Waals surface area contributed by atoms with E-state index in [0.717, 1.165) is 5.02 Å². The van der Waals surface area contributed by atoms with Gasteiger partial charge in [0.1, 0.15) is 0 Å². The Morgan fingerprint density at radius 2 is 2.05 bits per heavy atom. The number of nitrogens with one attached hydrogen (secondary N) is 1. The van der Waals surface area contributed by atoms with Gasteiger partial charge in [-0.2, -0.15) is 11.8 Å². The molecule has 1 nitrogen and oxygen atoms in total. The molecule has 0 bridgehead atoms. The van der Waals surface area contributed by atoms with Crippen molar-refractivity contribution >= 4 is 23.4 Å². The lowest BCUT2D eigenvalue weighted by Gasteiger charge is -2.39. The quantitative estimate of drug-likeness (QED) is 0.834. The molecule has 2 aliphatic carbocycles. The number of thioether (sulfide) groups is 1. The van der Waals surface area contributed by atoms with Crippen molar-refractivity contribution in [3.05, 3.63) is 34.9 Å². The fourth-order valence-corrected chi connectivity index (χ4v) is 4.74. The molecular weight excluding hydrogens is 286 g/mol. The van der Waals surface area contributed by atoms with Crippen LogP contribution in [0.4, 0.5) is 0 Å². The third-order valence-corrected chi connectivity index (χ3v) is 6.77. The van der Waals surface area contributed by atoms with E-state index in [9.17, 15) is 0 Å². The van der Waals surface area contributed by atoms with Crippen LogP contribution in [-0.4, -0.2) is 23.6 Å². The van der Waals surface area contributed by atoms with E-state index in [0.29, 0.717) is 16.7 Å². The Labute approximate surface area is 131 Å². The van der Waals surface area contributed by atoms with Crippen LogP contribution in [0.3, 0.4) is 0 Å². The lowest BCUT2D eigenvalue weighted by atomic mass is 9.76. The van der Waals surface area contributed by atoms with E-state index >= 15 is 0 Å². The highest BCUT2D eigenvalue weighted by atomic mass is 35.5. The lowest BCUT2D eigenvalue weighted by molar-refractivity contribution is 0.282. The maximum absolute atomic E-state index is 6.07. The fraction of sp³-hybridized carbons (Fsp3) is 0.647. The van der Waals surface area contributed by atoms with Crippen LogP contribution in [0.2, 0.25) is 5.02 Å². The summed E-state index contributed by atoms with van der Waals surface area (Å²) in [7, 11) is 0. The molecule has 0 heterocycles. The fourth-order valence-electron chi connectivity index (χ4n) is 3.62. The van der Waals surface area contributed by atoms with E-state index in [1.807, 2.05) is 6.07 Å². The molecule has 3 heteroatoms. The van der Waals surface area contributed by atoms with Gasteiger partial charge in [-0.15, -0.1) is 0 Å².